The molecular weight excluding hydrogens is 193 g/mol. The average Bonchev–Trinajstić information content (AvgIpc) is 2.14. The summed E-state index contributed by atoms with van der Waals surface area (Å²) in [5, 5.41) is 0. The predicted octanol–water partition coefficient (Wildman–Crippen LogP) is 2.50. The Hall–Kier alpha value is -1.09. The molecule has 84 valence electrons. The van der Waals surface area contributed by atoms with Crippen LogP contribution in [0.5, 0.6) is 5.75 Å². The molecule has 0 aliphatic heterocycles. The van der Waals surface area contributed by atoms with Crippen LogP contribution >= 0.6 is 0 Å². The van der Waals surface area contributed by atoms with E-state index in [1.54, 1.807) is 13.2 Å². The molecule has 0 bridgehead atoms. The van der Waals surface area contributed by atoms with Gasteiger partial charge in [0.25, 0.3) is 0 Å². The molecule has 0 saturated heterocycles. The van der Waals surface area contributed by atoms with Gasteiger partial charge in [0.2, 0.25) is 0 Å². The van der Waals surface area contributed by atoms with Gasteiger partial charge in [0.05, 0.1) is 7.11 Å². The molecule has 0 aliphatic carbocycles. The van der Waals surface area contributed by atoms with E-state index < -0.39 is 0 Å². The highest BCUT2D eigenvalue weighted by atomic mass is 19.1. The van der Waals surface area contributed by atoms with Gasteiger partial charge in [-0.2, -0.15) is 0 Å². The maximum Gasteiger partial charge on any atom is 0.123 e. The molecule has 0 unspecified atom stereocenters. The summed E-state index contributed by atoms with van der Waals surface area (Å²) in [6.45, 7) is 3.91. The normalized spacial score (nSPS) is 11.5. The number of hydrogen-bond acceptors (Lipinski definition) is 2. The van der Waals surface area contributed by atoms with Crippen molar-refractivity contribution in [3.05, 3.63) is 29.6 Å². The standard InChI is InChI=1S/C12H18FNO/c1-12(2,14)7-6-9-8-10(13)4-5-11(9)15-3/h4-5,8H,6-7,14H2,1-3H3. The number of ether oxygens (including phenoxy) is 1. The molecule has 0 amide bonds. The molecule has 3 heteroatoms. The van der Waals surface area contributed by atoms with Crippen molar-refractivity contribution in [2.45, 2.75) is 32.2 Å². The van der Waals surface area contributed by atoms with Gasteiger partial charge in [-0.1, -0.05) is 0 Å². The summed E-state index contributed by atoms with van der Waals surface area (Å²) >= 11 is 0. The van der Waals surface area contributed by atoms with Crippen LogP contribution in [-0.4, -0.2) is 12.6 Å². The summed E-state index contributed by atoms with van der Waals surface area (Å²) in [7, 11) is 1.59. The monoisotopic (exact) mass is 211 g/mol. The van der Waals surface area contributed by atoms with E-state index in [2.05, 4.69) is 0 Å². The number of hydrogen-bond donors (Lipinski definition) is 1. The number of methoxy groups -OCH3 is 1. The number of nitrogens with two attached hydrogens (primary N) is 1. The largest absolute Gasteiger partial charge is 0.496 e. The zero-order valence-corrected chi connectivity index (χ0v) is 9.51. The Labute approximate surface area is 90.2 Å². The van der Waals surface area contributed by atoms with Crippen molar-refractivity contribution < 1.29 is 9.13 Å². The SMILES string of the molecule is COc1ccc(F)cc1CCC(C)(C)N. The smallest absolute Gasteiger partial charge is 0.123 e. The third-order valence-corrected chi connectivity index (χ3v) is 2.28. The number of benzene rings is 1. The van der Waals surface area contributed by atoms with E-state index in [-0.39, 0.29) is 11.4 Å². The van der Waals surface area contributed by atoms with Crippen LogP contribution in [-0.2, 0) is 6.42 Å². The molecule has 0 aromatic heterocycles. The van der Waals surface area contributed by atoms with Crippen LogP contribution in [0.3, 0.4) is 0 Å². The maximum atomic E-state index is 13.0. The molecule has 1 rings (SSSR count). The lowest BCUT2D eigenvalue weighted by atomic mass is 9.96. The number of rotatable bonds is 4. The first kappa shape index (κ1) is 12.0. The van der Waals surface area contributed by atoms with Crippen molar-refractivity contribution >= 4 is 0 Å². The van der Waals surface area contributed by atoms with Gasteiger partial charge in [0, 0.05) is 5.54 Å². The Morgan fingerprint density at radius 3 is 2.60 bits per heavy atom. The second-order valence-electron chi connectivity index (χ2n) is 4.44. The molecule has 0 saturated carbocycles. The Balaban J connectivity index is 2.79. The lowest BCUT2D eigenvalue weighted by Crippen LogP contribution is -2.32. The summed E-state index contributed by atoms with van der Waals surface area (Å²) in [4.78, 5) is 0. The van der Waals surface area contributed by atoms with Gasteiger partial charge in [0.15, 0.2) is 0 Å². The van der Waals surface area contributed by atoms with Gasteiger partial charge >= 0.3 is 0 Å². The summed E-state index contributed by atoms with van der Waals surface area (Å²) < 4.78 is 18.2. The van der Waals surface area contributed by atoms with Crippen molar-refractivity contribution in [1.82, 2.24) is 0 Å². The maximum absolute atomic E-state index is 13.0. The van der Waals surface area contributed by atoms with Crippen LogP contribution in [0.1, 0.15) is 25.8 Å². The van der Waals surface area contributed by atoms with Gasteiger partial charge in [-0.3, -0.25) is 0 Å². The minimum atomic E-state index is -0.239. The first-order valence-electron chi connectivity index (χ1n) is 5.04. The van der Waals surface area contributed by atoms with E-state index >= 15 is 0 Å². The molecule has 0 spiro atoms. The van der Waals surface area contributed by atoms with Crippen molar-refractivity contribution in [1.29, 1.82) is 0 Å². The molecule has 2 nitrogen and oxygen atoms in total. The Morgan fingerprint density at radius 2 is 2.07 bits per heavy atom. The first-order valence-corrected chi connectivity index (χ1v) is 5.04. The summed E-state index contributed by atoms with van der Waals surface area (Å²) in [5.74, 6) is 0.487. The van der Waals surface area contributed by atoms with Gasteiger partial charge < -0.3 is 10.5 Å². The molecular formula is C12H18FNO. The van der Waals surface area contributed by atoms with E-state index in [0.717, 1.165) is 24.2 Å². The molecule has 1 aromatic rings. The molecule has 0 fully saturated rings. The van der Waals surface area contributed by atoms with Gasteiger partial charge in [-0.25, -0.2) is 4.39 Å². The second-order valence-corrected chi connectivity index (χ2v) is 4.44. The highest BCUT2D eigenvalue weighted by Gasteiger charge is 2.12. The Kier molecular flexibility index (Phi) is 3.69. The van der Waals surface area contributed by atoms with Crippen LogP contribution in [0.2, 0.25) is 0 Å². The Morgan fingerprint density at radius 1 is 1.40 bits per heavy atom. The molecule has 15 heavy (non-hydrogen) atoms. The lowest BCUT2D eigenvalue weighted by molar-refractivity contribution is 0.403. The number of halogens is 1. The molecule has 0 aliphatic rings. The summed E-state index contributed by atoms with van der Waals surface area (Å²) in [5.41, 5.74) is 6.51. The zero-order chi connectivity index (χ0) is 11.5. The van der Waals surface area contributed by atoms with Crippen molar-refractivity contribution in [2.24, 2.45) is 5.73 Å². The van der Waals surface area contributed by atoms with Gasteiger partial charge in [-0.05, 0) is 50.5 Å². The van der Waals surface area contributed by atoms with E-state index in [1.807, 2.05) is 13.8 Å². The fourth-order valence-electron chi connectivity index (χ4n) is 1.40. The molecule has 0 atom stereocenters. The van der Waals surface area contributed by atoms with Crippen LogP contribution in [0.4, 0.5) is 4.39 Å². The van der Waals surface area contributed by atoms with Crippen LogP contribution in [0, 0.1) is 5.82 Å². The average molecular weight is 211 g/mol. The van der Waals surface area contributed by atoms with Gasteiger partial charge in [-0.15, -0.1) is 0 Å². The van der Waals surface area contributed by atoms with E-state index in [0.29, 0.717) is 0 Å². The minimum Gasteiger partial charge on any atom is -0.496 e. The highest BCUT2D eigenvalue weighted by molar-refractivity contribution is 5.34. The highest BCUT2D eigenvalue weighted by Crippen LogP contribution is 2.22. The predicted molar refractivity (Wildman–Crippen MR) is 59.5 cm³/mol. The van der Waals surface area contributed by atoms with E-state index in [9.17, 15) is 4.39 Å². The molecule has 0 heterocycles. The van der Waals surface area contributed by atoms with E-state index in [1.165, 1.54) is 12.1 Å². The summed E-state index contributed by atoms with van der Waals surface area (Å²) in [6, 6.07) is 4.55. The second kappa shape index (κ2) is 4.62. The van der Waals surface area contributed by atoms with Gasteiger partial charge in [0.1, 0.15) is 11.6 Å². The molecule has 2 N–H and O–H groups in total. The van der Waals surface area contributed by atoms with Crippen molar-refractivity contribution in [2.75, 3.05) is 7.11 Å². The lowest BCUT2D eigenvalue weighted by Gasteiger charge is -2.18. The van der Waals surface area contributed by atoms with Crippen LogP contribution < -0.4 is 10.5 Å². The number of aryl methyl sites for hydroxylation is 1. The third kappa shape index (κ3) is 3.88. The third-order valence-electron chi connectivity index (χ3n) is 2.28. The Bertz CT molecular complexity index is 331. The minimum absolute atomic E-state index is 0.236. The topological polar surface area (TPSA) is 35.2 Å². The molecule has 1 aromatic carbocycles. The first-order chi connectivity index (χ1) is 6.92. The fourth-order valence-corrected chi connectivity index (χ4v) is 1.40. The fraction of sp³-hybridized carbons (Fsp3) is 0.500. The quantitative estimate of drug-likeness (QED) is 0.830. The van der Waals surface area contributed by atoms with Crippen LogP contribution in [0.25, 0.3) is 0 Å². The zero-order valence-electron chi connectivity index (χ0n) is 9.51. The van der Waals surface area contributed by atoms with Crippen molar-refractivity contribution in [3.8, 4) is 5.75 Å². The van der Waals surface area contributed by atoms with Crippen LogP contribution in [0.15, 0.2) is 18.2 Å². The molecule has 0 radical (unpaired) electrons. The summed E-state index contributed by atoms with van der Waals surface area (Å²) in [6.07, 6.45) is 1.53. The van der Waals surface area contributed by atoms with E-state index in [4.69, 9.17) is 10.5 Å². The van der Waals surface area contributed by atoms with Crippen molar-refractivity contribution in [3.63, 3.8) is 0 Å².